The van der Waals surface area contributed by atoms with Gasteiger partial charge in [0, 0.05) is 16.6 Å². The number of aliphatic hydroxyl groups excluding tert-OH is 1. The van der Waals surface area contributed by atoms with Gasteiger partial charge in [-0.3, -0.25) is 0 Å². The Balaban J connectivity index is 1.81. The lowest BCUT2D eigenvalue weighted by Gasteiger charge is -2.40. The van der Waals surface area contributed by atoms with Gasteiger partial charge in [0.25, 0.3) is 0 Å². The minimum atomic E-state index is -0.487. The number of ether oxygens (including phenoxy) is 2. The minimum Gasteiger partial charge on any atom is -0.496 e. The Morgan fingerprint density at radius 3 is 2.86 bits per heavy atom. The Morgan fingerprint density at radius 2 is 2.14 bits per heavy atom. The van der Waals surface area contributed by atoms with Gasteiger partial charge in [0.05, 0.1) is 18.8 Å². The van der Waals surface area contributed by atoms with Crippen molar-refractivity contribution in [3.63, 3.8) is 0 Å². The summed E-state index contributed by atoms with van der Waals surface area (Å²) in [5, 5.41) is 10.9. The zero-order valence-corrected chi connectivity index (χ0v) is 14.1. The zero-order chi connectivity index (χ0) is 14.9. The molecule has 2 aliphatic rings. The van der Waals surface area contributed by atoms with Crippen LogP contribution in [0, 0.1) is 5.92 Å². The second-order valence-electron chi connectivity index (χ2n) is 6.32. The molecule has 1 aliphatic heterocycles. The lowest BCUT2D eigenvalue weighted by molar-refractivity contribution is -0.113. The molecule has 2 atom stereocenters. The van der Waals surface area contributed by atoms with Crippen LogP contribution in [0.15, 0.2) is 22.7 Å². The lowest BCUT2D eigenvalue weighted by Crippen LogP contribution is -2.39. The SMILES string of the molecule is COc1ccc(Br)cc1C(O)C1CCOC2(CCCC2)C1. The van der Waals surface area contributed by atoms with Gasteiger partial charge in [-0.1, -0.05) is 28.8 Å². The Bertz CT molecular complexity index is 497. The van der Waals surface area contributed by atoms with Crippen LogP contribution in [-0.4, -0.2) is 24.4 Å². The van der Waals surface area contributed by atoms with E-state index < -0.39 is 6.10 Å². The van der Waals surface area contributed by atoms with Crippen LogP contribution in [0.5, 0.6) is 5.75 Å². The van der Waals surface area contributed by atoms with Crippen molar-refractivity contribution >= 4 is 15.9 Å². The molecule has 3 nitrogen and oxygen atoms in total. The second kappa shape index (κ2) is 6.27. The molecule has 0 aromatic heterocycles. The van der Waals surface area contributed by atoms with Crippen molar-refractivity contribution in [2.24, 2.45) is 5.92 Å². The Labute approximate surface area is 134 Å². The molecule has 116 valence electrons. The third-order valence-corrected chi connectivity index (χ3v) is 5.50. The first-order valence-corrected chi connectivity index (χ1v) is 8.58. The van der Waals surface area contributed by atoms with E-state index in [2.05, 4.69) is 15.9 Å². The molecular weight excluding hydrogens is 332 g/mol. The number of aliphatic hydroxyl groups is 1. The van der Waals surface area contributed by atoms with E-state index in [4.69, 9.17) is 9.47 Å². The van der Waals surface area contributed by atoms with E-state index in [1.807, 2.05) is 18.2 Å². The van der Waals surface area contributed by atoms with Gasteiger partial charge in [-0.2, -0.15) is 0 Å². The fourth-order valence-corrected chi connectivity index (χ4v) is 4.27. The fraction of sp³-hybridized carbons (Fsp3) is 0.647. The van der Waals surface area contributed by atoms with Crippen molar-refractivity contribution in [2.75, 3.05) is 13.7 Å². The number of hydrogen-bond donors (Lipinski definition) is 1. The second-order valence-corrected chi connectivity index (χ2v) is 7.24. The van der Waals surface area contributed by atoms with Crippen LogP contribution in [0.2, 0.25) is 0 Å². The van der Waals surface area contributed by atoms with Crippen molar-refractivity contribution in [3.8, 4) is 5.75 Å². The van der Waals surface area contributed by atoms with E-state index in [1.165, 1.54) is 12.8 Å². The molecule has 2 fully saturated rings. The summed E-state index contributed by atoms with van der Waals surface area (Å²) in [7, 11) is 1.65. The normalized spacial score (nSPS) is 26.0. The average molecular weight is 355 g/mol. The van der Waals surface area contributed by atoms with Crippen LogP contribution in [-0.2, 0) is 4.74 Å². The molecule has 1 heterocycles. The summed E-state index contributed by atoms with van der Waals surface area (Å²) in [5.41, 5.74) is 0.912. The molecule has 1 spiro atoms. The third kappa shape index (κ3) is 3.13. The van der Waals surface area contributed by atoms with Gasteiger partial charge >= 0.3 is 0 Å². The van der Waals surface area contributed by atoms with E-state index >= 15 is 0 Å². The summed E-state index contributed by atoms with van der Waals surface area (Å²) in [6, 6.07) is 5.82. The maximum absolute atomic E-state index is 10.9. The van der Waals surface area contributed by atoms with Crippen molar-refractivity contribution in [1.82, 2.24) is 0 Å². The summed E-state index contributed by atoms with van der Waals surface area (Å²) < 4.78 is 12.5. The lowest BCUT2D eigenvalue weighted by atomic mass is 9.79. The van der Waals surface area contributed by atoms with E-state index in [1.54, 1.807) is 7.11 Å². The Hall–Kier alpha value is -0.580. The summed E-state index contributed by atoms with van der Waals surface area (Å²) in [4.78, 5) is 0. The van der Waals surface area contributed by atoms with Gasteiger partial charge < -0.3 is 14.6 Å². The van der Waals surface area contributed by atoms with Gasteiger partial charge in [-0.05, 0) is 49.8 Å². The van der Waals surface area contributed by atoms with Gasteiger partial charge in [0.2, 0.25) is 0 Å². The van der Waals surface area contributed by atoms with Gasteiger partial charge in [0.1, 0.15) is 5.75 Å². The van der Waals surface area contributed by atoms with Crippen molar-refractivity contribution < 1.29 is 14.6 Å². The number of halogens is 1. The Morgan fingerprint density at radius 1 is 1.38 bits per heavy atom. The highest BCUT2D eigenvalue weighted by Crippen LogP contribution is 2.46. The predicted molar refractivity (Wildman–Crippen MR) is 85.5 cm³/mol. The van der Waals surface area contributed by atoms with Crippen LogP contribution >= 0.6 is 15.9 Å². The predicted octanol–water partition coefficient (Wildman–Crippen LogP) is 4.23. The molecule has 1 saturated heterocycles. The molecule has 0 amide bonds. The molecule has 1 aromatic rings. The largest absolute Gasteiger partial charge is 0.496 e. The molecule has 0 bridgehead atoms. The quantitative estimate of drug-likeness (QED) is 0.882. The third-order valence-electron chi connectivity index (χ3n) is 5.00. The molecule has 1 N–H and O–H groups in total. The zero-order valence-electron chi connectivity index (χ0n) is 12.5. The number of hydrogen-bond acceptors (Lipinski definition) is 3. The summed E-state index contributed by atoms with van der Waals surface area (Å²) in [6.45, 7) is 0.762. The molecule has 1 saturated carbocycles. The number of benzene rings is 1. The first-order chi connectivity index (χ1) is 10.1. The molecule has 2 unspecified atom stereocenters. The summed E-state index contributed by atoms with van der Waals surface area (Å²) in [6.07, 6.45) is 6.19. The highest BCUT2D eigenvalue weighted by molar-refractivity contribution is 9.10. The molecule has 0 radical (unpaired) electrons. The fourth-order valence-electron chi connectivity index (χ4n) is 3.89. The van der Waals surface area contributed by atoms with Crippen LogP contribution in [0.25, 0.3) is 0 Å². The van der Waals surface area contributed by atoms with E-state index in [-0.39, 0.29) is 11.5 Å². The van der Waals surface area contributed by atoms with E-state index in [9.17, 15) is 5.11 Å². The monoisotopic (exact) mass is 354 g/mol. The van der Waals surface area contributed by atoms with Gasteiger partial charge in [-0.15, -0.1) is 0 Å². The Kier molecular flexibility index (Phi) is 4.57. The van der Waals surface area contributed by atoms with Gasteiger partial charge in [0.15, 0.2) is 0 Å². The van der Waals surface area contributed by atoms with Crippen molar-refractivity contribution in [1.29, 1.82) is 0 Å². The molecule has 21 heavy (non-hydrogen) atoms. The molecular formula is C17H23BrO3. The highest BCUT2D eigenvalue weighted by Gasteiger charge is 2.42. The number of rotatable bonds is 3. The first kappa shape index (κ1) is 15.3. The standard InChI is InChI=1S/C17H23BrO3/c1-20-15-5-4-13(18)10-14(15)16(19)12-6-9-21-17(11-12)7-2-3-8-17/h4-5,10,12,16,19H,2-3,6-9,11H2,1H3. The highest BCUT2D eigenvalue weighted by atomic mass is 79.9. The van der Waals surface area contributed by atoms with E-state index in [0.717, 1.165) is 48.1 Å². The van der Waals surface area contributed by atoms with Crippen LogP contribution in [0.4, 0.5) is 0 Å². The molecule has 3 rings (SSSR count). The molecule has 1 aliphatic carbocycles. The van der Waals surface area contributed by atoms with Crippen LogP contribution in [0.3, 0.4) is 0 Å². The maximum atomic E-state index is 10.9. The van der Waals surface area contributed by atoms with Crippen LogP contribution in [0.1, 0.15) is 50.2 Å². The maximum Gasteiger partial charge on any atom is 0.124 e. The van der Waals surface area contributed by atoms with Crippen LogP contribution < -0.4 is 4.74 Å². The van der Waals surface area contributed by atoms with E-state index in [0.29, 0.717) is 0 Å². The van der Waals surface area contributed by atoms with Crippen molar-refractivity contribution in [3.05, 3.63) is 28.2 Å². The average Bonchev–Trinajstić information content (AvgIpc) is 2.94. The summed E-state index contributed by atoms with van der Waals surface area (Å²) >= 11 is 3.49. The minimum absolute atomic E-state index is 0.0309. The summed E-state index contributed by atoms with van der Waals surface area (Å²) in [5.74, 6) is 1.01. The first-order valence-electron chi connectivity index (χ1n) is 7.79. The van der Waals surface area contributed by atoms with Crippen molar-refractivity contribution in [2.45, 2.75) is 50.2 Å². The number of methoxy groups -OCH3 is 1. The topological polar surface area (TPSA) is 38.7 Å². The van der Waals surface area contributed by atoms with Gasteiger partial charge in [-0.25, -0.2) is 0 Å². The molecule has 4 heteroatoms. The smallest absolute Gasteiger partial charge is 0.124 e. The molecule has 1 aromatic carbocycles.